The summed E-state index contributed by atoms with van der Waals surface area (Å²) in [5.41, 5.74) is 0.188. The number of carbonyl (C=O) groups is 1. The molecule has 1 fully saturated rings. The molecular weight excluding hydrogens is 266 g/mol. The molecule has 5 heteroatoms. The van der Waals surface area contributed by atoms with Gasteiger partial charge in [-0.05, 0) is 31.6 Å². The molecule has 0 aromatic rings. The fraction of sp³-hybridized carbons (Fsp3) is 0.750. The predicted molar refractivity (Wildman–Crippen MR) is 82.3 cm³/mol. The first-order valence-corrected chi connectivity index (χ1v) is 7.78. The van der Waals surface area contributed by atoms with E-state index in [9.17, 15) is 4.79 Å². The van der Waals surface area contributed by atoms with Crippen LogP contribution in [0.1, 0.15) is 33.6 Å². The fourth-order valence-corrected chi connectivity index (χ4v) is 2.75. The number of hydrogen-bond donors (Lipinski definition) is 1. The van der Waals surface area contributed by atoms with Crippen LogP contribution in [-0.4, -0.2) is 43.7 Å². The Balaban J connectivity index is 2.47. The van der Waals surface area contributed by atoms with Crippen molar-refractivity contribution in [3.05, 3.63) is 11.8 Å². The molecule has 118 valence electrons. The van der Waals surface area contributed by atoms with Crippen LogP contribution in [0, 0.1) is 23.2 Å². The number of ether oxygens (including phenoxy) is 1. The van der Waals surface area contributed by atoms with Crippen molar-refractivity contribution in [2.75, 3.05) is 32.8 Å². The Morgan fingerprint density at radius 2 is 2.10 bits per heavy atom. The molecule has 2 atom stereocenters. The number of amides is 1. The van der Waals surface area contributed by atoms with Gasteiger partial charge in [0.05, 0.1) is 0 Å². The molecule has 0 aliphatic carbocycles. The van der Waals surface area contributed by atoms with E-state index in [2.05, 4.69) is 24.1 Å². The molecule has 1 N–H and O–H groups in total. The van der Waals surface area contributed by atoms with Gasteiger partial charge in [-0.2, -0.15) is 5.26 Å². The lowest BCUT2D eigenvalue weighted by Gasteiger charge is -2.34. The standard InChI is InChI=1S/C16H27N3O2/c1-4-21-7-5-6-18-16(20)15(9-17)12-19-10-13(2)8-14(3)11-19/h12-14H,4-8,10-11H2,1-3H3,(H,18,20)/b15-12-. The van der Waals surface area contributed by atoms with Crippen LogP contribution in [0.5, 0.6) is 0 Å². The fourth-order valence-electron chi connectivity index (χ4n) is 2.75. The van der Waals surface area contributed by atoms with Crippen LogP contribution in [0.2, 0.25) is 0 Å². The third kappa shape index (κ3) is 6.63. The van der Waals surface area contributed by atoms with Gasteiger partial charge in [0.2, 0.25) is 0 Å². The van der Waals surface area contributed by atoms with Gasteiger partial charge in [-0.3, -0.25) is 4.79 Å². The van der Waals surface area contributed by atoms with E-state index in [-0.39, 0.29) is 11.5 Å². The summed E-state index contributed by atoms with van der Waals surface area (Å²) in [6.45, 7) is 10.0. The molecule has 0 spiro atoms. The molecule has 5 nitrogen and oxygen atoms in total. The Labute approximate surface area is 127 Å². The lowest BCUT2D eigenvalue weighted by Crippen LogP contribution is -2.36. The first-order valence-electron chi connectivity index (χ1n) is 7.78. The average Bonchev–Trinajstić information content (AvgIpc) is 2.43. The molecule has 1 rings (SSSR count). The third-order valence-corrected chi connectivity index (χ3v) is 3.53. The number of nitrogens with zero attached hydrogens (tertiary/aromatic N) is 2. The number of hydrogen-bond acceptors (Lipinski definition) is 4. The highest BCUT2D eigenvalue weighted by molar-refractivity contribution is 5.97. The summed E-state index contributed by atoms with van der Waals surface area (Å²) in [6.07, 6.45) is 3.68. The van der Waals surface area contributed by atoms with Crippen molar-refractivity contribution >= 4 is 5.91 Å². The van der Waals surface area contributed by atoms with E-state index >= 15 is 0 Å². The smallest absolute Gasteiger partial charge is 0.263 e. The van der Waals surface area contributed by atoms with Crippen molar-refractivity contribution in [1.29, 1.82) is 5.26 Å². The Bertz CT molecular complexity index is 391. The van der Waals surface area contributed by atoms with Crippen LogP contribution in [0.15, 0.2) is 11.8 Å². The maximum atomic E-state index is 12.0. The summed E-state index contributed by atoms with van der Waals surface area (Å²) < 4.78 is 5.21. The Kier molecular flexibility index (Phi) is 7.84. The van der Waals surface area contributed by atoms with Gasteiger partial charge in [0.1, 0.15) is 11.6 Å². The van der Waals surface area contributed by atoms with Crippen molar-refractivity contribution in [2.45, 2.75) is 33.6 Å². The number of likely N-dealkylation sites (tertiary alicyclic amines) is 1. The van der Waals surface area contributed by atoms with Gasteiger partial charge in [-0.1, -0.05) is 13.8 Å². The number of rotatable bonds is 7. The maximum absolute atomic E-state index is 12.0. The highest BCUT2D eigenvalue weighted by Crippen LogP contribution is 2.21. The van der Waals surface area contributed by atoms with E-state index in [1.54, 1.807) is 6.20 Å². The summed E-state index contributed by atoms with van der Waals surface area (Å²) in [7, 11) is 0. The molecule has 0 radical (unpaired) electrons. The lowest BCUT2D eigenvalue weighted by molar-refractivity contribution is -0.117. The minimum atomic E-state index is -0.292. The highest BCUT2D eigenvalue weighted by Gasteiger charge is 2.21. The monoisotopic (exact) mass is 293 g/mol. The zero-order valence-electron chi connectivity index (χ0n) is 13.4. The molecule has 0 aromatic carbocycles. The van der Waals surface area contributed by atoms with Gasteiger partial charge in [0, 0.05) is 39.0 Å². The van der Waals surface area contributed by atoms with E-state index in [0.29, 0.717) is 31.6 Å². The van der Waals surface area contributed by atoms with E-state index in [1.807, 2.05) is 13.0 Å². The van der Waals surface area contributed by atoms with Gasteiger partial charge in [-0.25, -0.2) is 0 Å². The maximum Gasteiger partial charge on any atom is 0.263 e. The van der Waals surface area contributed by atoms with E-state index in [4.69, 9.17) is 10.00 Å². The lowest BCUT2D eigenvalue weighted by atomic mass is 9.92. The number of nitriles is 1. The SMILES string of the molecule is CCOCCCNC(=O)/C(C#N)=C\N1CC(C)CC(C)C1. The molecule has 1 saturated heterocycles. The third-order valence-electron chi connectivity index (χ3n) is 3.53. The largest absolute Gasteiger partial charge is 0.382 e. The molecule has 21 heavy (non-hydrogen) atoms. The van der Waals surface area contributed by atoms with Crippen LogP contribution in [-0.2, 0) is 9.53 Å². The molecule has 1 amide bonds. The van der Waals surface area contributed by atoms with E-state index in [1.165, 1.54) is 6.42 Å². The average molecular weight is 293 g/mol. The van der Waals surface area contributed by atoms with Gasteiger partial charge in [0.25, 0.3) is 5.91 Å². The number of piperidine rings is 1. The molecule has 0 saturated carbocycles. The Hall–Kier alpha value is -1.54. The van der Waals surface area contributed by atoms with Crippen LogP contribution in [0.25, 0.3) is 0 Å². The normalized spacial score (nSPS) is 22.8. The van der Waals surface area contributed by atoms with Gasteiger partial charge in [-0.15, -0.1) is 0 Å². The summed E-state index contributed by atoms with van der Waals surface area (Å²) in [4.78, 5) is 14.1. The van der Waals surface area contributed by atoms with E-state index < -0.39 is 0 Å². The minimum absolute atomic E-state index is 0.188. The zero-order chi connectivity index (χ0) is 15.7. The molecular formula is C16H27N3O2. The second kappa shape index (κ2) is 9.41. The first-order chi connectivity index (χ1) is 10.1. The summed E-state index contributed by atoms with van der Waals surface area (Å²) >= 11 is 0. The second-order valence-electron chi connectivity index (χ2n) is 5.86. The minimum Gasteiger partial charge on any atom is -0.382 e. The molecule has 1 aliphatic heterocycles. The van der Waals surface area contributed by atoms with Gasteiger partial charge in [0.15, 0.2) is 0 Å². The van der Waals surface area contributed by atoms with Gasteiger partial charge >= 0.3 is 0 Å². The molecule has 0 bridgehead atoms. The van der Waals surface area contributed by atoms with Crippen LogP contribution < -0.4 is 5.32 Å². The summed E-state index contributed by atoms with van der Waals surface area (Å²) in [6, 6.07) is 2.01. The number of nitrogens with one attached hydrogen (secondary N) is 1. The Morgan fingerprint density at radius 1 is 1.43 bits per heavy atom. The van der Waals surface area contributed by atoms with Crippen molar-refractivity contribution in [1.82, 2.24) is 10.2 Å². The second-order valence-corrected chi connectivity index (χ2v) is 5.86. The van der Waals surface area contributed by atoms with Crippen LogP contribution in [0.4, 0.5) is 0 Å². The summed E-state index contributed by atoms with van der Waals surface area (Å²) in [5, 5.41) is 11.9. The molecule has 2 unspecified atom stereocenters. The van der Waals surface area contributed by atoms with Crippen LogP contribution in [0.3, 0.4) is 0 Å². The van der Waals surface area contributed by atoms with Gasteiger partial charge < -0.3 is 15.0 Å². The van der Waals surface area contributed by atoms with Crippen molar-refractivity contribution in [3.8, 4) is 6.07 Å². The van der Waals surface area contributed by atoms with Crippen LogP contribution >= 0.6 is 0 Å². The highest BCUT2D eigenvalue weighted by atomic mass is 16.5. The Morgan fingerprint density at radius 3 is 2.67 bits per heavy atom. The summed E-state index contributed by atoms with van der Waals surface area (Å²) in [5.74, 6) is 0.901. The van der Waals surface area contributed by atoms with Crippen molar-refractivity contribution in [3.63, 3.8) is 0 Å². The predicted octanol–water partition coefficient (Wildman–Crippen LogP) is 1.91. The quantitative estimate of drug-likeness (QED) is 0.442. The number of carbonyl (C=O) groups excluding carboxylic acids is 1. The van der Waals surface area contributed by atoms with E-state index in [0.717, 1.165) is 19.5 Å². The molecule has 1 aliphatic rings. The molecule has 0 aromatic heterocycles. The van der Waals surface area contributed by atoms with Crippen molar-refractivity contribution in [2.24, 2.45) is 11.8 Å². The topological polar surface area (TPSA) is 65.4 Å². The first kappa shape index (κ1) is 17.5. The zero-order valence-corrected chi connectivity index (χ0v) is 13.4. The molecule has 1 heterocycles. The van der Waals surface area contributed by atoms with Crippen molar-refractivity contribution < 1.29 is 9.53 Å².